The number of aromatic nitrogens is 1. The van der Waals surface area contributed by atoms with Crippen molar-refractivity contribution in [2.45, 2.75) is 26.4 Å². The minimum Gasteiger partial charge on any atom is -0.354 e. The molecule has 1 aromatic heterocycles. The van der Waals surface area contributed by atoms with E-state index in [0.717, 1.165) is 26.1 Å². The van der Waals surface area contributed by atoms with E-state index in [1.54, 1.807) is 18.3 Å². The topological polar surface area (TPSA) is 54.3 Å². The molecule has 1 atom stereocenters. The maximum Gasteiger partial charge on any atom is 0.250 e. The summed E-state index contributed by atoms with van der Waals surface area (Å²) in [5.41, 5.74) is 2.55. The first-order valence-corrected chi connectivity index (χ1v) is 8.81. The van der Waals surface area contributed by atoms with E-state index in [2.05, 4.69) is 41.4 Å². The van der Waals surface area contributed by atoms with Gasteiger partial charge in [0.05, 0.1) is 0 Å². The fourth-order valence-electron chi connectivity index (χ4n) is 3.31. The molecule has 1 saturated heterocycles. The van der Waals surface area contributed by atoms with Crippen molar-refractivity contribution >= 4 is 5.91 Å². The Labute approximate surface area is 148 Å². The smallest absolute Gasteiger partial charge is 0.250 e. The third-order valence-corrected chi connectivity index (χ3v) is 4.83. The maximum atomic E-state index is 12.1. The highest BCUT2D eigenvalue weighted by molar-refractivity contribution is 5.75. The average molecular weight is 339 g/mol. The molecule has 2 heterocycles. The van der Waals surface area contributed by atoms with Crippen LogP contribution in [0.5, 0.6) is 0 Å². The molecule has 0 unspecified atom stereocenters. The number of hydrogen-bond donors (Lipinski definition) is 1. The molecule has 0 saturated carbocycles. The van der Waals surface area contributed by atoms with Gasteiger partial charge < -0.3 is 9.88 Å². The van der Waals surface area contributed by atoms with E-state index in [1.165, 1.54) is 21.8 Å². The van der Waals surface area contributed by atoms with E-state index in [4.69, 9.17) is 0 Å². The second-order valence-electron chi connectivity index (χ2n) is 6.79. The van der Waals surface area contributed by atoms with E-state index in [0.29, 0.717) is 12.5 Å². The van der Waals surface area contributed by atoms with Crippen LogP contribution in [-0.2, 0) is 17.9 Å². The Bertz CT molecular complexity index is 784. The Morgan fingerprint density at radius 2 is 2.00 bits per heavy atom. The summed E-state index contributed by atoms with van der Waals surface area (Å²) in [7, 11) is 0. The van der Waals surface area contributed by atoms with Crippen molar-refractivity contribution in [2.24, 2.45) is 5.92 Å². The van der Waals surface area contributed by atoms with Crippen LogP contribution in [0.2, 0.25) is 0 Å². The van der Waals surface area contributed by atoms with Crippen molar-refractivity contribution in [3.05, 3.63) is 70.1 Å². The second kappa shape index (κ2) is 8.12. The van der Waals surface area contributed by atoms with Gasteiger partial charge in [-0.25, -0.2) is 0 Å². The Kier molecular flexibility index (Phi) is 5.66. The molecule has 0 bridgehead atoms. The van der Waals surface area contributed by atoms with Crippen molar-refractivity contribution < 1.29 is 4.79 Å². The van der Waals surface area contributed by atoms with E-state index >= 15 is 0 Å². The molecule has 1 aromatic carbocycles. The van der Waals surface area contributed by atoms with Gasteiger partial charge in [-0.05, 0) is 43.0 Å². The molecule has 132 valence electrons. The molecule has 1 amide bonds. The van der Waals surface area contributed by atoms with Crippen molar-refractivity contribution in [3.63, 3.8) is 0 Å². The number of benzene rings is 1. The minimum absolute atomic E-state index is 0.0827. The highest BCUT2D eigenvalue weighted by Gasteiger charge is 2.23. The van der Waals surface area contributed by atoms with Crippen LogP contribution < -0.4 is 10.9 Å². The number of pyridine rings is 1. The lowest BCUT2D eigenvalue weighted by Gasteiger charge is -2.17. The number of likely N-dealkylation sites (tertiary alicyclic amines) is 1. The lowest BCUT2D eigenvalue weighted by molar-refractivity contribution is -0.121. The molecule has 25 heavy (non-hydrogen) atoms. The number of carbonyl (C=O) groups excluding carboxylic acids is 1. The second-order valence-corrected chi connectivity index (χ2v) is 6.79. The van der Waals surface area contributed by atoms with Gasteiger partial charge in [-0.3, -0.25) is 14.5 Å². The summed E-state index contributed by atoms with van der Waals surface area (Å²) < 4.78 is 1.43. The molecule has 5 heteroatoms. The zero-order chi connectivity index (χ0) is 17.6. The fraction of sp³-hybridized carbons (Fsp3) is 0.400. The van der Waals surface area contributed by atoms with E-state index in [9.17, 15) is 9.59 Å². The fourth-order valence-corrected chi connectivity index (χ4v) is 3.31. The van der Waals surface area contributed by atoms with Crippen LogP contribution in [-0.4, -0.2) is 35.0 Å². The number of hydrogen-bond acceptors (Lipinski definition) is 3. The quantitative estimate of drug-likeness (QED) is 0.873. The Hall–Kier alpha value is -2.40. The van der Waals surface area contributed by atoms with Crippen molar-refractivity contribution in [1.82, 2.24) is 14.8 Å². The van der Waals surface area contributed by atoms with Crippen LogP contribution in [0.1, 0.15) is 17.5 Å². The van der Waals surface area contributed by atoms with Gasteiger partial charge in [0.2, 0.25) is 5.91 Å². The number of amides is 1. The van der Waals surface area contributed by atoms with Gasteiger partial charge in [0.25, 0.3) is 5.56 Å². The number of nitrogens with zero attached hydrogens (tertiary/aromatic N) is 2. The zero-order valence-corrected chi connectivity index (χ0v) is 14.6. The SMILES string of the molecule is Cc1ccccc1CN1CC[C@@H](CNC(=O)Cn2ccccc2=O)C1. The number of carbonyl (C=O) groups is 1. The standard InChI is InChI=1S/C20H25N3O2/c1-16-6-2-3-7-18(16)14-22-11-9-17(13-22)12-21-19(24)15-23-10-5-4-8-20(23)25/h2-8,10,17H,9,11-15H2,1H3,(H,21,24)/t17-/m0/s1. The monoisotopic (exact) mass is 339 g/mol. The summed E-state index contributed by atoms with van der Waals surface area (Å²) in [6, 6.07) is 13.4. The van der Waals surface area contributed by atoms with Gasteiger partial charge in [0.15, 0.2) is 0 Å². The van der Waals surface area contributed by atoms with Gasteiger partial charge in [0.1, 0.15) is 6.54 Å². The van der Waals surface area contributed by atoms with Gasteiger partial charge >= 0.3 is 0 Å². The number of nitrogens with one attached hydrogen (secondary N) is 1. The lowest BCUT2D eigenvalue weighted by Crippen LogP contribution is -2.35. The largest absolute Gasteiger partial charge is 0.354 e. The molecule has 2 aromatic rings. The minimum atomic E-state index is -0.150. The first-order chi connectivity index (χ1) is 12.1. The normalized spacial score (nSPS) is 17.6. The molecular formula is C20H25N3O2. The van der Waals surface area contributed by atoms with Gasteiger partial charge in [-0.2, -0.15) is 0 Å². The Morgan fingerprint density at radius 3 is 2.80 bits per heavy atom. The molecule has 1 N–H and O–H groups in total. The van der Waals surface area contributed by atoms with E-state index in [-0.39, 0.29) is 18.0 Å². The molecule has 0 aliphatic carbocycles. The molecule has 0 spiro atoms. The molecule has 3 rings (SSSR count). The summed E-state index contributed by atoms with van der Waals surface area (Å²) in [4.78, 5) is 26.1. The Morgan fingerprint density at radius 1 is 1.20 bits per heavy atom. The van der Waals surface area contributed by atoms with Crippen LogP contribution in [0.15, 0.2) is 53.5 Å². The van der Waals surface area contributed by atoms with Crippen LogP contribution in [0.4, 0.5) is 0 Å². The third-order valence-electron chi connectivity index (χ3n) is 4.83. The molecule has 5 nitrogen and oxygen atoms in total. The number of aryl methyl sites for hydroxylation is 1. The van der Waals surface area contributed by atoms with Gasteiger partial charge in [-0.15, -0.1) is 0 Å². The predicted octanol–water partition coefficient (Wildman–Crippen LogP) is 1.80. The molecule has 0 radical (unpaired) electrons. The zero-order valence-electron chi connectivity index (χ0n) is 14.6. The Balaban J connectivity index is 1.44. The predicted molar refractivity (Wildman–Crippen MR) is 98.3 cm³/mol. The first-order valence-electron chi connectivity index (χ1n) is 8.81. The van der Waals surface area contributed by atoms with Gasteiger partial charge in [-0.1, -0.05) is 30.3 Å². The van der Waals surface area contributed by atoms with Crippen molar-refractivity contribution in [3.8, 4) is 0 Å². The summed E-state index contributed by atoms with van der Waals surface area (Å²) >= 11 is 0. The first kappa shape index (κ1) is 17.4. The molecule has 1 aliphatic rings. The maximum absolute atomic E-state index is 12.1. The molecule has 1 aliphatic heterocycles. The average Bonchev–Trinajstić information content (AvgIpc) is 3.05. The van der Waals surface area contributed by atoms with Crippen LogP contribution in [0.25, 0.3) is 0 Å². The van der Waals surface area contributed by atoms with Gasteiger partial charge in [0, 0.05) is 31.9 Å². The summed E-state index contributed by atoms with van der Waals surface area (Å²) in [5, 5.41) is 2.97. The van der Waals surface area contributed by atoms with Crippen molar-refractivity contribution in [1.29, 1.82) is 0 Å². The highest BCUT2D eigenvalue weighted by Crippen LogP contribution is 2.19. The highest BCUT2D eigenvalue weighted by atomic mass is 16.2. The lowest BCUT2D eigenvalue weighted by atomic mass is 10.1. The third kappa shape index (κ3) is 4.79. The van der Waals surface area contributed by atoms with Crippen molar-refractivity contribution in [2.75, 3.05) is 19.6 Å². The number of rotatable bonds is 6. The van der Waals surface area contributed by atoms with Crippen LogP contribution in [0, 0.1) is 12.8 Å². The van der Waals surface area contributed by atoms with E-state index < -0.39 is 0 Å². The van der Waals surface area contributed by atoms with Crippen LogP contribution in [0.3, 0.4) is 0 Å². The molecule has 1 fully saturated rings. The summed E-state index contributed by atoms with van der Waals surface area (Å²) in [5.74, 6) is 0.367. The summed E-state index contributed by atoms with van der Waals surface area (Å²) in [6.07, 6.45) is 2.73. The van der Waals surface area contributed by atoms with Crippen LogP contribution >= 0.6 is 0 Å². The van der Waals surface area contributed by atoms with E-state index in [1.807, 2.05) is 0 Å². The molecular weight excluding hydrogens is 314 g/mol. The summed E-state index contributed by atoms with van der Waals surface area (Å²) in [6.45, 7) is 5.93.